The van der Waals surface area contributed by atoms with Gasteiger partial charge in [-0.05, 0) is 41.8 Å². The standard InChI is InChI=1S/C28H31N5O2/c29-19-23(28(34)33-16-14-32(15-17-33)20-22-4-2-1-3-5-22)18-21-6-8-24(9-7-21)35-26-11-13-31-27-25(26)10-12-30-27/h1-13,23H,14-20,29H2,(H,30,31). The molecule has 5 rings (SSSR count). The van der Waals surface area contributed by atoms with Crippen LogP contribution in [0.1, 0.15) is 11.1 Å². The number of ether oxygens (including phenoxy) is 1. The zero-order chi connectivity index (χ0) is 24.0. The second-order valence-electron chi connectivity index (χ2n) is 9.02. The molecule has 7 heteroatoms. The first kappa shape index (κ1) is 23.1. The lowest BCUT2D eigenvalue weighted by atomic mass is 9.97. The van der Waals surface area contributed by atoms with E-state index in [-0.39, 0.29) is 11.8 Å². The molecule has 7 nitrogen and oxygen atoms in total. The number of hydrogen-bond acceptors (Lipinski definition) is 5. The highest BCUT2D eigenvalue weighted by Gasteiger charge is 2.27. The Hall–Kier alpha value is -3.68. The minimum absolute atomic E-state index is 0.152. The van der Waals surface area contributed by atoms with Crippen LogP contribution in [-0.4, -0.2) is 58.4 Å². The van der Waals surface area contributed by atoms with Crippen molar-refractivity contribution in [2.24, 2.45) is 11.7 Å². The number of nitrogens with one attached hydrogen (secondary N) is 1. The van der Waals surface area contributed by atoms with Crippen molar-refractivity contribution in [1.82, 2.24) is 19.8 Å². The first-order valence-corrected chi connectivity index (χ1v) is 12.1. The molecule has 2 aromatic carbocycles. The Balaban J connectivity index is 1.15. The highest BCUT2D eigenvalue weighted by Crippen LogP contribution is 2.28. The third kappa shape index (κ3) is 5.53. The SMILES string of the molecule is NCC(Cc1ccc(Oc2ccnc3[nH]ccc23)cc1)C(=O)N1CCN(Cc2ccccc2)CC1. The quantitative estimate of drug-likeness (QED) is 0.410. The molecule has 1 unspecified atom stereocenters. The Morgan fingerprint density at radius 2 is 1.74 bits per heavy atom. The van der Waals surface area contributed by atoms with Crippen LogP contribution in [-0.2, 0) is 17.8 Å². The molecule has 0 bridgehead atoms. The van der Waals surface area contributed by atoms with Crippen LogP contribution in [0.15, 0.2) is 79.1 Å². The van der Waals surface area contributed by atoms with Crippen molar-refractivity contribution in [3.05, 3.63) is 90.3 Å². The van der Waals surface area contributed by atoms with Crippen LogP contribution >= 0.6 is 0 Å². The summed E-state index contributed by atoms with van der Waals surface area (Å²) in [5, 5.41) is 0.939. The van der Waals surface area contributed by atoms with Gasteiger partial charge in [0.15, 0.2) is 0 Å². The molecule has 35 heavy (non-hydrogen) atoms. The molecule has 2 aromatic heterocycles. The summed E-state index contributed by atoms with van der Waals surface area (Å²) in [6, 6.07) is 22.2. The number of aromatic amines is 1. The fraction of sp³-hybridized carbons (Fsp3) is 0.286. The van der Waals surface area contributed by atoms with Gasteiger partial charge in [-0.2, -0.15) is 0 Å². The Kier molecular flexibility index (Phi) is 7.07. The average Bonchev–Trinajstić information content (AvgIpc) is 3.39. The Morgan fingerprint density at radius 1 is 0.971 bits per heavy atom. The Bertz CT molecular complexity index is 1250. The lowest BCUT2D eigenvalue weighted by Crippen LogP contribution is -2.51. The number of aromatic nitrogens is 2. The highest BCUT2D eigenvalue weighted by molar-refractivity contribution is 5.82. The van der Waals surface area contributed by atoms with Gasteiger partial charge in [0.05, 0.1) is 11.3 Å². The van der Waals surface area contributed by atoms with Crippen molar-refractivity contribution >= 4 is 16.9 Å². The normalized spacial score (nSPS) is 15.3. The van der Waals surface area contributed by atoms with Crippen molar-refractivity contribution < 1.29 is 9.53 Å². The number of H-pyrrole nitrogens is 1. The van der Waals surface area contributed by atoms with E-state index in [1.807, 2.05) is 53.6 Å². The highest BCUT2D eigenvalue weighted by atomic mass is 16.5. The predicted molar refractivity (Wildman–Crippen MR) is 137 cm³/mol. The molecular weight excluding hydrogens is 438 g/mol. The number of fused-ring (bicyclic) bond motifs is 1. The third-order valence-electron chi connectivity index (χ3n) is 6.62. The Morgan fingerprint density at radius 3 is 2.49 bits per heavy atom. The summed E-state index contributed by atoms with van der Waals surface area (Å²) in [5.74, 6) is 1.43. The van der Waals surface area contributed by atoms with Gasteiger partial charge in [0.1, 0.15) is 17.1 Å². The van der Waals surface area contributed by atoms with E-state index in [1.165, 1.54) is 5.56 Å². The molecule has 0 aliphatic carbocycles. The predicted octanol–water partition coefficient (Wildman–Crippen LogP) is 3.82. The maximum absolute atomic E-state index is 13.2. The van der Waals surface area contributed by atoms with E-state index in [1.54, 1.807) is 6.20 Å². The van der Waals surface area contributed by atoms with Crippen molar-refractivity contribution in [3.63, 3.8) is 0 Å². The molecule has 0 radical (unpaired) electrons. The number of pyridine rings is 1. The number of benzene rings is 2. The molecule has 1 atom stereocenters. The van der Waals surface area contributed by atoms with Gasteiger partial charge in [0.2, 0.25) is 5.91 Å². The maximum atomic E-state index is 13.2. The number of rotatable bonds is 8. The molecule has 1 fully saturated rings. The minimum Gasteiger partial charge on any atom is -0.457 e. The molecule has 3 heterocycles. The fourth-order valence-corrected chi connectivity index (χ4v) is 4.63. The summed E-state index contributed by atoms with van der Waals surface area (Å²) in [6.07, 6.45) is 4.19. The molecule has 1 amide bonds. The summed E-state index contributed by atoms with van der Waals surface area (Å²) in [6.45, 7) is 4.51. The topological polar surface area (TPSA) is 87.5 Å². The first-order chi connectivity index (χ1) is 17.2. The van der Waals surface area contributed by atoms with Crippen molar-refractivity contribution in [2.45, 2.75) is 13.0 Å². The van der Waals surface area contributed by atoms with Gasteiger partial charge in [-0.1, -0.05) is 42.5 Å². The minimum atomic E-state index is -0.220. The van der Waals surface area contributed by atoms with Crippen LogP contribution in [0.2, 0.25) is 0 Å². The van der Waals surface area contributed by atoms with Gasteiger partial charge in [0, 0.05) is 51.7 Å². The Labute approximate surface area is 205 Å². The van der Waals surface area contributed by atoms with Crippen LogP contribution in [0.4, 0.5) is 0 Å². The number of amides is 1. The van der Waals surface area contributed by atoms with Gasteiger partial charge >= 0.3 is 0 Å². The largest absolute Gasteiger partial charge is 0.457 e. The van der Waals surface area contributed by atoms with E-state index in [0.717, 1.165) is 60.8 Å². The molecular formula is C28H31N5O2. The van der Waals surface area contributed by atoms with Gasteiger partial charge in [-0.15, -0.1) is 0 Å². The molecule has 180 valence electrons. The second kappa shape index (κ2) is 10.7. The maximum Gasteiger partial charge on any atom is 0.227 e. The zero-order valence-electron chi connectivity index (χ0n) is 19.8. The van der Waals surface area contributed by atoms with Gasteiger partial charge in [-0.25, -0.2) is 4.98 Å². The van der Waals surface area contributed by atoms with E-state index in [0.29, 0.717) is 13.0 Å². The molecule has 3 N–H and O–H groups in total. The molecule has 1 aliphatic heterocycles. The second-order valence-corrected chi connectivity index (χ2v) is 9.02. The average molecular weight is 470 g/mol. The summed E-state index contributed by atoms with van der Waals surface area (Å²) >= 11 is 0. The molecule has 1 aliphatic rings. The van der Waals surface area contributed by atoms with Crippen LogP contribution in [0, 0.1) is 5.92 Å². The molecule has 0 saturated carbocycles. The lowest BCUT2D eigenvalue weighted by Gasteiger charge is -2.36. The van der Waals surface area contributed by atoms with Crippen LogP contribution in [0.5, 0.6) is 11.5 Å². The van der Waals surface area contributed by atoms with Crippen molar-refractivity contribution in [1.29, 1.82) is 0 Å². The van der Waals surface area contributed by atoms with Crippen molar-refractivity contribution in [2.75, 3.05) is 32.7 Å². The fourth-order valence-electron chi connectivity index (χ4n) is 4.63. The van der Waals surface area contributed by atoms with E-state index < -0.39 is 0 Å². The molecule has 1 saturated heterocycles. The smallest absolute Gasteiger partial charge is 0.227 e. The van der Waals surface area contributed by atoms with Crippen LogP contribution in [0.3, 0.4) is 0 Å². The third-order valence-corrected chi connectivity index (χ3v) is 6.62. The zero-order valence-corrected chi connectivity index (χ0v) is 19.8. The van der Waals surface area contributed by atoms with Gasteiger partial charge < -0.3 is 20.4 Å². The van der Waals surface area contributed by atoms with E-state index in [9.17, 15) is 4.79 Å². The number of piperazine rings is 1. The first-order valence-electron chi connectivity index (χ1n) is 12.1. The van der Waals surface area contributed by atoms with E-state index >= 15 is 0 Å². The number of hydrogen-bond donors (Lipinski definition) is 2. The van der Waals surface area contributed by atoms with Gasteiger partial charge in [0.25, 0.3) is 0 Å². The van der Waals surface area contributed by atoms with E-state index in [4.69, 9.17) is 10.5 Å². The number of carbonyl (C=O) groups excluding carboxylic acids is 1. The van der Waals surface area contributed by atoms with Crippen LogP contribution < -0.4 is 10.5 Å². The molecule has 0 spiro atoms. The number of nitrogens with two attached hydrogens (primary N) is 1. The number of carbonyl (C=O) groups is 1. The number of nitrogens with zero attached hydrogens (tertiary/aromatic N) is 3. The van der Waals surface area contributed by atoms with Crippen LogP contribution in [0.25, 0.3) is 11.0 Å². The lowest BCUT2D eigenvalue weighted by molar-refractivity contribution is -0.137. The van der Waals surface area contributed by atoms with Gasteiger partial charge in [-0.3, -0.25) is 9.69 Å². The van der Waals surface area contributed by atoms with E-state index in [2.05, 4.69) is 39.1 Å². The summed E-state index contributed by atoms with van der Waals surface area (Å²) < 4.78 is 6.07. The summed E-state index contributed by atoms with van der Waals surface area (Å²) in [5.41, 5.74) is 9.22. The summed E-state index contributed by atoms with van der Waals surface area (Å²) in [4.78, 5) is 25.0. The monoisotopic (exact) mass is 469 g/mol. The molecule has 4 aromatic rings. The summed E-state index contributed by atoms with van der Waals surface area (Å²) in [7, 11) is 0. The van der Waals surface area contributed by atoms with Crippen molar-refractivity contribution in [3.8, 4) is 11.5 Å².